The quantitative estimate of drug-likeness (QED) is 0.553. The first-order valence-electron chi connectivity index (χ1n) is 8.27. The van der Waals surface area contributed by atoms with Crippen molar-refractivity contribution in [1.82, 2.24) is 9.55 Å². The van der Waals surface area contributed by atoms with Gasteiger partial charge in [-0.15, -0.1) is 11.3 Å². The topological polar surface area (TPSA) is 34.9 Å². The standard InChI is InChI=1S/C20H16N2OS/c23-20-18-16-9-4-10-17(16)24-19(18)21-12-22(20)11-14-7-3-6-13-5-1-2-8-15(13)14/h1-3,5-8,12H,4,9-11H2. The van der Waals surface area contributed by atoms with Crippen molar-refractivity contribution in [3.63, 3.8) is 0 Å². The maximum Gasteiger partial charge on any atom is 0.262 e. The number of benzene rings is 2. The van der Waals surface area contributed by atoms with Crippen LogP contribution in [0.25, 0.3) is 21.0 Å². The van der Waals surface area contributed by atoms with Gasteiger partial charge >= 0.3 is 0 Å². The zero-order valence-electron chi connectivity index (χ0n) is 13.2. The Balaban J connectivity index is 1.67. The van der Waals surface area contributed by atoms with Crippen molar-refractivity contribution >= 4 is 32.3 Å². The van der Waals surface area contributed by atoms with Crippen molar-refractivity contribution < 1.29 is 0 Å². The van der Waals surface area contributed by atoms with E-state index in [1.54, 1.807) is 22.2 Å². The third-order valence-electron chi connectivity index (χ3n) is 4.91. The lowest BCUT2D eigenvalue weighted by Crippen LogP contribution is -2.21. The van der Waals surface area contributed by atoms with E-state index in [1.807, 2.05) is 12.1 Å². The van der Waals surface area contributed by atoms with Crippen molar-refractivity contribution in [3.05, 3.63) is 75.1 Å². The zero-order valence-corrected chi connectivity index (χ0v) is 14.0. The van der Waals surface area contributed by atoms with E-state index in [9.17, 15) is 4.79 Å². The van der Waals surface area contributed by atoms with Gasteiger partial charge in [0.25, 0.3) is 5.56 Å². The minimum atomic E-state index is 0.104. The highest BCUT2D eigenvalue weighted by molar-refractivity contribution is 7.18. The van der Waals surface area contributed by atoms with Gasteiger partial charge in [0.15, 0.2) is 0 Å². The minimum Gasteiger partial charge on any atom is -0.294 e. The molecule has 0 fully saturated rings. The van der Waals surface area contributed by atoms with E-state index in [0.717, 1.165) is 35.0 Å². The largest absolute Gasteiger partial charge is 0.294 e. The molecule has 4 aromatic rings. The maximum atomic E-state index is 13.0. The van der Waals surface area contributed by atoms with Crippen molar-refractivity contribution in [2.45, 2.75) is 25.8 Å². The molecular formula is C20H16N2OS. The molecular weight excluding hydrogens is 316 g/mol. The van der Waals surface area contributed by atoms with Gasteiger partial charge in [-0.1, -0.05) is 42.5 Å². The van der Waals surface area contributed by atoms with Crippen LogP contribution < -0.4 is 5.56 Å². The fourth-order valence-corrected chi connectivity index (χ4v) is 4.97. The number of rotatable bonds is 2. The Hall–Kier alpha value is -2.46. The first-order valence-corrected chi connectivity index (χ1v) is 9.09. The van der Waals surface area contributed by atoms with Crippen molar-refractivity contribution in [2.24, 2.45) is 0 Å². The van der Waals surface area contributed by atoms with Crippen molar-refractivity contribution in [3.8, 4) is 0 Å². The van der Waals surface area contributed by atoms with Gasteiger partial charge in [-0.05, 0) is 41.2 Å². The molecule has 1 aliphatic rings. The molecule has 0 bridgehead atoms. The van der Waals surface area contributed by atoms with Gasteiger partial charge in [-0.3, -0.25) is 9.36 Å². The molecule has 0 aliphatic heterocycles. The van der Waals surface area contributed by atoms with E-state index in [-0.39, 0.29) is 5.56 Å². The Morgan fingerprint density at radius 3 is 2.92 bits per heavy atom. The number of thiophene rings is 1. The summed E-state index contributed by atoms with van der Waals surface area (Å²) in [6.45, 7) is 0.563. The summed E-state index contributed by atoms with van der Waals surface area (Å²) in [5.74, 6) is 0. The van der Waals surface area contributed by atoms with Crippen molar-refractivity contribution in [2.75, 3.05) is 0 Å². The zero-order chi connectivity index (χ0) is 16.1. The predicted molar refractivity (Wildman–Crippen MR) is 99.0 cm³/mol. The van der Waals surface area contributed by atoms with Gasteiger partial charge in [0, 0.05) is 4.88 Å². The molecule has 2 aromatic carbocycles. The normalized spacial score (nSPS) is 13.7. The van der Waals surface area contributed by atoms with E-state index >= 15 is 0 Å². The molecule has 2 heterocycles. The Morgan fingerprint density at radius 2 is 1.96 bits per heavy atom. The summed E-state index contributed by atoms with van der Waals surface area (Å²) >= 11 is 1.69. The number of aryl methyl sites for hydroxylation is 2. The molecule has 1 aliphatic carbocycles. The fourth-order valence-electron chi connectivity index (χ4n) is 3.75. The lowest BCUT2D eigenvalue weighted by atomic mass is 10.0. The lowest BCUT2D eigenvalue weighted by Gasteiger charge is -2.09. The monoisotopic (exact) mass is 332 g/mol. The predicted octanol–water partition coefficient (Wildman–Crippen LogP) is 4.15. The molecule has 0 saturated carbocycles. The SMILES string of the molecule is O=c1c2c3c(sc2ncn1Cc1cccc2ccccc12)CCC3. The molecule has 5 rings (SSSR count). The molecule has 0 saturated heterocycles. The third kappa shape index (κ3) is 2.03. The molecule has 0 spiro atoms. The van der Waals surface area contributed by atoms with Crippen LogP contribution in [0.5, 0.6) is 0 Å². The molecule has 0 N–H and O–H groups in total. The van der Waals surface area contributed by atoms with Gasteiger partial charge in [-0.25, -0.2) is 4.98 Å². The summed E-state index contributed by atoms with van der Waals surface area (Å²) < 4.78 is 1.76. The number of fused-ring (bicyclic) bond motifs is 4. The highest BCUT2D eigenvalue weighted by Gasteiger charge is 2.21. The van der Waals surface area contributed by atoms with Gasteiger partial charge in [0.1, 0.15) is 4.83 Å². The van der Waals surface area contributed by atoms with Crippen molar-refractivity contribution in [1.29, 1.82) is 0 Å². The molecule has 2 aromatic heterocycles. The van der Waals surface area contributed by atoms with Gasteiger partial charge in [-0.2, -0.15) is 0 Å². The lowest BCUT2D eigenvalue weighted by molar-refractivity contribution is 0.752. The second-order valence-corrected chi connectivity index (χ2v) is 7.44. The highest BCUT2D eigenvalue weighted by Crippen LogP contribution is 2.34. The average molecular weight is 332 g/mol. The Morgan fingerprint density at radius 1 is 1.08 bits per heavy atom. The molecule has 0 amide bonds. The van der Waals surface area contributed by atoms with Crippen LogP contribution in [0.2, 0.25) is 0 Å². The molecule has 4 heteroatoms. The molecule has 118 valence electrons. The number of nitrogens with zero attached hydrogens (tertiary/aromatic N) is 2. The molecule has 24 heavy (non-hydrogen) atoms. The van der Waals surface area contributed by atoms with Crippen LogP contribution in [0, 0.1) is 0 Å². The minimum absolute atomic E-state index is 0.104. The summed E-state index contributed by atoms with van der Waals surface area (Å²) in [5, 5.41) is 3.26. The van der Waals surface area contributed by atoms with E-state index < -0.39 is 0 Å². The Kier molecular flexibility index (Phi) is 3.06. The van der Waals surface area contributed by atoms with Crippen LogP contribution in [0.4, 0.5) is 0 Å². The van der Waals surface area contributed by atoms with Gasteiger partial charge in [0.2, 0.25) is 0 Å². The average Bonchev–Trinajstić information content (AvgIpc) is 3.18. The Bertz CT molecular complexity index is 1130. The van der Waals surface area contributed by atoms with Crippen LogP contribution in [0.1, 0.15) is 22.4 Å². The van der Waals surface area contributed by atoms with Gasteiger partial charge < -0.3 is 0 Å². The van der Waals surface area contributed by atoms with Crippen LogP contribution in [0.15, 0.2) is 53.6 Å². The molecule has 0 unspecified atom stereocenters. The summed E-state index contributed by atoms with van der Waals surface area (Å²) in [6, 6.07) is 14.6. The molecule has 0 radical (unpaired) electrons. The number of hydrogen-bond acceptors (Lipinski definition) is 3. The first kappa shape index (κ1) is 13.9. The van der Waals surface area contributed by atoms with Crippen LogP contribution in [-0.4, -0.2) is 9.55 Å². The fraction of sp³-hybridized carbons (Fsp3) is 0.200. The van der Waals surface area contributed by atoms with Gasteiger partial charge in [0.05, 0.1) is 18.3 Å². The summed E-state index contributed by atoms with van der Waals surface area (Å²) in [6.07, 6.45) is 4.98. The molecule has 3 nitrogen and oxygen atoms in total. The van der Waals surface area contributed by atoms with E-state index in [1.165, 1.54) is 21.2 Å². The number of aromatic nitrogens is 2. The summed E-state index contributed by atoms with van der Waals surface area (Å²) in [7, 11) is 0. The van der Waals surface area contributed by atoms with Crippen LogP contribution in [-0.2, 0) is 19.4 Å². The smallest absolute Gasteiger partial charge is 0.262 e. The number of hydrogen-bond donors (Lipinski definition) is 0. The second-order valence-electron chi connectivity index (χ2n) is 6.35. The maximum absolute atomic E-state index is 13.0. The third-order valence-corrected chi connectivity index (χ3v) is 6.11. The van der Waals surface area contributed by atoms with E-state index in [4.69, 9.17) is 0 Å². The second kappa shape index (κ2) is 5.28. The Labute approximate surface area is 143 Å². The van der Waals surface area contributed by atoms with Crippen LogP contribution >= 0.6 is 11.3 Å². The van der Waals surface area contributed by atoms with E-state index in [2.05, 4.69) is 35.3 Å². The summed E-state index contributed by atoms with van der Waals surface area (Å²) in [5.41, 5.74) is 2.51. The van der Waals surface area contributed by atoms with E-state index in [0.29, 0.717) is 6.54 Å². The highest BCUT2D eigenvalue weighted by atomic mass is 32.1. The first-order chi connectivity index (χ1) is 11.8. The molecule has 0 atom stereocenters. The summed E-state index contributed by atoms with van der Waals surface area (Å²) in [4.78, 5) is 19.8. The van der Waals surface area contributed by atoms with Crippen LogP contribution in [0.3, 0.4) is 0 Å².